The van der Waals surface area contributed by atoms with E-state index < -0.39 is 5.60 Å². The minimum Gasteiger partial charge on any atom is -0.482 e. The fourth-order valence-electron chi connectivity index (χ4n) is 4.70. The van der Waals surface area contributed by atoms with Gasteiger partial charge in [-0.25, -0.2) is 0 Å². The van der Waals surface area contributed by atoms with E-state index in [1.807, 2.05) is 60.1 Å². The van der Waals surface area contributed by atoms with Gasteiger partial charge in [-0.2, -0.15) is 5.10 Å². The molecule has 148 valence electrons. The van der Waals surface area contributed by atoms with Gasteiger partial charge in [-0.15, -0.1) is 0 Å². The van der Waals surface area contributed by atoms with Crippen molar-refractivity contribution >= 4 is 5.91 Å². The molecule has 2 aromatic carbocycles. The molecule has 2 aliphatic heterocycles. The second kappa shape index (κ2) is 6.48. The highest BCUT2D eigenvalue weighted by molar-refractivity contribution is 5.96. The molecule has 0 atom stereocenters. The number of nitrogens with zero attached hydrogens (tertiary/aromatic N) is 3. The lowest BCUT2D eigenvalue weighted by Gasteiger charge is -2.44. The van der Waals surface area contributed by atoms with Gasteiger partial charge in [0.15, 0.2) is 0 Å². The van der Waals surface area contributed by atoms with Gasteiger partial charge < -0.3 is 9.64 Å². The van der Waals surface area contributed by atoms with Gasteiger partial charge in [0, 0.05) is 49.7 Å². The van der Waals surface area contributed by atoms with E-state index in [9.17, 15) is 4.79 Å². The molecule has 1 fully saturated rings. The van der Waals surface area contributed by atoms with Crippen molar-refractivity contribution in [1.82, 2.24) is 14.7 Å². The Bertz CT molecular complexity index is 1110. The number of piperidine rings is 1. The predicted octanol–water partition coefficient (Wildman–Crippen LogP) is 4.23. The molecule has 3 heterocycles. The highest BCUT2D eigenvalue weighted by Gasteiger charge is 2.45. The summed E-state index contributed by atoms with van der Waals surface area (Å²) in [5.74, 6) is 1.02. The van der Waals surface area contributed by atoms with Gasteiger partial charge in [-0.05, 0) is 43.2 Å². The molecule has 2 aliphatic rings. The quantitative estimate of drug-likeness (QED) is 0.628. The maximum atomic E-state index is 13.2. The number of benzene rings is 2. The van der Waals surface area contributed by atoms with Crippen molar-refractivity contribution in [3.63, 3.8) is 0 Å². The lowest BCUT2D eigenvalue weighted by atomic mass is 9.81. The van der Waals surface area contributed by atoms with Crippen molar-refractivity contribution in [3.8, 4) is 17.0 Å². The Hall–Kier alpha value is -3.08. The SMILES string of the molecule is Cc1cccc(C(=O)N2CCC3(CC2)Oc2ccccc2-c2c3cnn2C)c1C. The summed E-state index contributed by atoms with van der Waals surface area (Å²) < 4.78 is 8.52. The zero-order valence-electron chi connectivity index (χ0n) is 17.1. The van der Waals surface area contributed by atoms with Crippen molar-refractivity contribution < 1.29 is 9.53 Å². The molecular formula is C24H25N3O2. The first-order valence-electron chi connectivity index (χ1n) is 10.2. The number of fused-ring (bicyclic) bond motifs is 4. The standard InChI is InChI=1S/C24H25N3O2/c1-16-7-6-9-18(17(16)2)23(28)27-13-11-24(12-14-27)20-15-25-26(3)22(20)19-8-4-5-10-21(19)29-24/h4-10,15H,11-14H2,1-3H3. The van der Waals surface area contributed by atoms with Crippen LogP contribution in [0.3, 0.4) is 0 Å². The van der Waals surface area contributed by atoms with E-state index in [1.165, 1.54) is 0 Å². The molecule has 1 spiro atoms. The normalized spacial score (nSPS) is 16.9. The third-order valence-corrected chi connectivity index (χ3v) is 6.57. The molecule has 0 bridgehead atoms. The van der Waals surface area contributed by atoms with Crippen molar-refractivity contribution in [3.05, 3.63) is 70.9 Å². The average Bonchev–Trinajstić information content (AvgIpc) is 3.13. The van der Waals surface area contributed by atoms with Crippen LogP contribution in [0, 0.1) is 13.8 Å². The first kappa shape index (κ1) is 18.0. The van der Waals surface area contributed by atoms with Gasteiger partial charge in [0.25, 0.3) is 5.91 Å². The molecule has 0 N–H and O–H groups in total. The van der Waals surface area contributed by atoms with Crippen LogP contribution in [-0.4, -0.2) is 33.7 Å². The van der Waals surface area contributed by atoms with Crippen molar-refractivity contribution in [2.75, 3.05) is 13.1 Å². The van der Waals surface area contributed by atoms with Crippen LogP contribution < -0.4 is 4.74 Å². The van der Waals surface area contributed by atoms with Crippen LogP contribution in [-0.2, 0) is 12.6 Å². The fourth-order valence-corrected chi connectivity index (χ4v) is 4.70. The molecule has 1 saturated heterocycles. The first-order chi connectivity index (χ1) is 14.0. The molecule has 5 rings (SSSR count). The first-order valence-corrected chi connectivity index (χ1v) is 10.2. The van der Waals surface area contributed by atoms with Crippen LogP contribution >= 0.6 is 0 Å². The van der Waals surface area contributed by atoms with Crippen LogP contribution in [0.5, 0.6) is 5.75 Å². The van der Waals surface area contributed by atoms with E-state index in [2.05, 4.69) is 24.2 Å². The van der Waals surface area contributed by atoms with Gasteiger partial charge in [-0.3, -0.25) is 9.48 Å². The van der Waals surface area contributed by atoms with Gasteiger partial charge in [0.2, 0.25) is 0 Å². The summed E-state index contributed by atoms with van der Waals surface area (Å²) in [4.78, 5) is 15.1. The summed E-state index contributed by atoms with van der Waals surface area (Å²) >= 11 is 0. The number of aryl methyl sites for hydroxylation is 2. The number of likely N-dealkylation sites (tertiary alicyclic amines) is 1. The zero-order chi connectivity index (χ0) is 20.2. The monoisotopic (exact) mass is 387 g/mol. The Morgan fingerprint density at radius 3 is 2.62 bits per heavy atom. The lowest BCUT2D eigenvalue weighted by molar-refractivity contribution is -0.00174. The number of para-hydroxylation sites is 1. The van der Waals surface area contributed by atoms with Crippen LogP contribution in [0.2, 0.25) is 0 Å². The Kier molecular flexibility index (Phi) is 4.02. The second-order valence-corrected chi connectivity index (χ2v) is 8.16. The second-order valence-electron chi connectivity index (χ2n) is 8.16. The molecular weight excluding hydrogens is 362 g/mol. The van der Waals surface area contributed by atoms with Crippen molar-refractivity contribution in [2.45, 2.75) is 32.3 Å². The average molecular weight is 387 g/mol. The van der Waals surface area contributed by atoms with Crippen LogP contribution in [0.15, 0.2) is 48.7 Å². The Morgan fingerprint density at radius 2 is 1.83 bits per heavy atom. The Morgan fingerprint density at radius 1 is 1.07 bits per heavy atom. The van der Waals surface area contributed by atoms with E-state index in [0.717, 1.165) is 52.1 Å². The molecule has 0 radical (unpaired) electrons. The van der Waals surface area contributed by atoms with Crippen molar-refractivity contribution in [1.29, 1.82) is 0 Å². The summed E-state index contributed by atoms with van der Waals surface area (Å²) in [6, 6.07) is 14.1. The van der Waals surface area contributed by atoms with E-state index >= 15 is 0 Å². The minimum atomic E-state index is -0.420. The molecule has 5 heteroatoms. The smallest absolute Gasteiger partial charge is 0.254 e. The largest absolute Gasteiger partial charge is 0.482 e. The van der Waals surface area contributed by atoms with Crippen LogP contribution in [0.4, 0.5) is 0 Å². The molecule has 1 amide bonds. The van der Waals surface area contributed by atoms with Gasteiger partial charge >= 0.3 is 0 Å². The molecule has 0 aliphatic carbocycles. The summed E-state index contributed by atoms with van der Waals surface area (Å²) in [6.45, 7) is 5.41. The number of hydrogen-bond donors (Lipinski definition) is 0. The Balaban J connectivity index is 1.44. The van der Waals surface area contributed by atoms with Gasteiger partial charge in [0.1, 0.15) is 11.4 Å². The summed E-state index contributed by atoms with van der Waals surface area (Å²) in [5.41, 5.74) is 5.95. The third-order valence-electron chi connectivity index (χ3n) is 6.57. The van der Waals surface area contributed by atoms with Crippen molar-refractivity contribution in [2.24, 2.45) is 7.05 Å². The molecule has 0 saturated carbocycles. The number of hydrogen-bond acceptors (Lipinski definition) is 3. The van der Waals surface area contributed by atoms with Gasteiger partial charge in [0.05, 0.1) is 11.9 Å². The summed E-state index contributed by atoms with van der Waals surface area (Å²) in [6.07, 6.45) is 3.46. The summed E-state index contributed by atoms with van der Waals surface area (Å²) in [7, 11) is 1.98. The highest BCUT2D eigenvalue weighted by Crippen LogP contribution is 2.49. The number of aromatic nitrogens is 2. The van der Waals surface area contributed by atoms with Crippen LogP contribution in [0.25, 0.3) is 11.3 Å². The third kappa shape index (κ3) is 2.68. The number of amides is 1. The number of rotatable bonds is 1. The van der Waals surface area contributed by atoms with Crippen LogP contribution in [0.1, 0.15) is 39.9 Å². The predicted molar refractivity (Wildman–Crippen MR) is 112 cm³/mol. The maximum Gasteiger partial charge on any atom is 0.254 e. The minimum absolute atomic E-state index is 0.115. The molecule has 0 unspecified atom stereocenters. The van der Waals surface area contributed by atoms with E-state index in [1.54, 1.807) is 0 Å². The molecule has 29 heavy (non-hydrogen) atoms. The zero-order valence-corrected chi connectivity index (χ0v) is 17.1. The van der Waals surface area contributed by atoms with Gasteiger partial charge in [-0.1, -0.05) is 24.3 Å². The topological polar surface area (TPSA) is 47.4 Å². The summed E-state index contributed by atoms with van der Waals surface area (Å²) in [5, 5.41) is 4.53. The number of carbonyl (C=O) groups is 1. The molecule has 1 aromatic heterocycles. The maximum absolute atomic E-state index is 13.2. The van der Waals surface area contributed by atoms with E-state index in [0.29, 0.717) is 13.1 Å². The Labute approximate surface area is 170 Å². The number of carbonyl (C=O) groups excluding carboxylic acids is 1. The fraction of sp³-hybridized carbons (Fsp3) is 0.333. The van der Waals surface area contributed by atoms with E-state index in [-0.39, 0.29) is 5.91 Å². The lowest BCUT2D eigenvalue weighted by Crippen LogP contribution is -2.49. The highest BCUT2D eigenvalue weighted by atomic mass is 16.5. The number of ether oxygens (including phenoxy) is 1. The molecule has 5 nitrogen and oxygen atoms in total. The molecule has 3 aromatic rings. The van der Waals surface area contributed by atoms with E-state index in [4.69, 9.17) is 4.74 Å².